The molecule has 3 aromatic heterocycles. The van der Waals surface area contributed by atoms with Gasteiger partial charge in [-0.3, -0.25) is 5.10 Å². The minimum Gasteiger partial charge on any atom is -0.263 e. The minimum absolute atomic E-state index is 0.0761. The molecule has 0 radical (unpaired) electrons. The van der Waals surface area contributed by atoms with Crippen molar-refractivity contribution in [2.75, 3.05) is 0 Å². The van der Waals surface area contributed by atoms with Crippen LogP contribution in [0.3, 0.4) is 0 Å². The number of hydrogen-bond acceptors (Lipinski definition) is 4. The van der Waals surface area contributed by atoms with Crippen molar-refractivity contribution in [2.24, 2.45) is 0 Å². The maximum absolute atomic E-state index is 12.3. The molecule has 0 bridgehead atoms. The van der Waals surface area contributed by atoms with Crippen LogP contribution < -0.4 is 0 Å². The first-order valence-corrected chi connectivity index (χ1v) is 7.20. The molecule has 0 unspecified atom stereocenters. The van der Waals surface area contributed by atoms with Gasteiger partial charge in [-0.1, -0.05) is 11.6 Å². The summed E-state index contributed by atoms with van der Waals surface area (Å²) in [4.78, 5) is 8.37. The van der Waals surface area contributed by atoms with E-state index in [-0.39, 0.29) is 18.1 Å². The highest BCUT2D eigenvalue weighted by Crippen LogP contribution is 2.27. The molecular formula is C13H12ClF3N6. The van der Waals surface area contributed by atoms with Crippen molar-refractivity contribution in [1.82, 2.24) is 29.9 Å². The number of pyridine rings is 1. The average Bonchev–Trinajstić information content (AvgIpc) is 3.02. The van der Waals surface area contributed by atoms with E-state index in [1.54, 1.807) is 19.1 Å². The Morgan fingerprint density at radius 2 is 2.04 bits per heavy atom. The van der Waals surface area contributed by atoms with E-state index in [1.807, 2.05) is 0 Å². The lowest BCUT2D eigenvalue weighted by Gasteiger charge is -2.06. The molecule has 23 heavy (non-hydrogen) atoms. The van der Waals surface area contributed by atoms with Gasteiger partial charge in [0.15, 0.2) is 5.65 Å². The van der Waals surface area contributed by atoms with E-state index in [0.717, 1.165) is 0 Å². The third-order valence-corrected chi connectivity index (χ3v) is 3.41. The molecule has 3 heterocycles. The first-order valence-electron chi connectivity index (χ1n) is 6.83. The van der Waals surface area contributed by atoms with Crippen molar-refractivity contribution in [1.29, 1.82) is 0 Å². The van der Waals surface area contributed by atoms with Crippen LogP contribution >= 0.6 is 11.6 Å². The molecule has 0 amide bonds. The molecule has 10 heteroatoms. The fraction of sp³-hybridized carbons (Fsp3) is 0.385. The molecule has 0 fully saturated rings. The van der Waals surface area contributed by atoms with Gasteiger partial charge in [0, 0.05) is 13.0 Å². The van der Waals surface area contributed by atoms with Gasteiger partial charge in [-0.05, 0) is 25.5 Å². The van der Waals surface area contributed by atoms with Gasteiger partial charge in [0.05, 0.1) is 5.39 Å². The summed E-state index contributed by atoms with van der Waals surface area (Å²) >= 11 is 5.89. The summed E-state index contributed by atoms with van der Waals surface area (Å²) in [6, 6.07) is 3.30. The Labute approximate surface area is 133 Å². The number of aryl methyl sites for hydroxylation is 2. The van der Waals surface area contributed by atoms with Crippen molar-refractivity contribution >= 4 is 22.6 Å². The quantitative estimate of drug-likeness (QED) is 0.735. The molecular weight excluding hydrogens is 333 g/mol. The number of nitrogens with zero attached hydrogens (tertiary/aromatic N) is 5. The lowest BCUT2D eigenvalue weighted by atomic mass is 10.2. The molecule has 1 N–H and O–H groups in total. The molecule has 6 nitrogen and oxygen atoms in total. The summed E-state index contributed by atoms with van der Waals surface area (Å²) in [5.74, 6) is 0.980. The monoisotopic (exact) mass is 344 g/mol. The second-order valence-electron chi connectivity index (χ2n) is 5.04. The van der Waals surface area contributed by atoms with E-state index >= 15 is 0 Å². The number of halogens is 4. The van der Waals surface area contributed by atoms with Crippen LogP contribution in [-0.4, -0.2) is 36.1 Å². The summed E-state index contributed by atoms with van der Waals surface area (Å²) < 4.78 is 38.4. The zero-order valence-corrected chi connectivity index (χ0v) is 12.8. The van der Waals surface area contributed by atoms with Gasteiger partial charge in [0.25, 0.3) is 0 Å². The van der Waals surface area contributed by atoms with Crippen LogP contribution in [0.15, 0.2) is 12.1 Å². The third kappa shape index (κ3) is 3.44. The van der Waals surface area contributed by atoms with Crippen molar-refractivity contribution in [2.45, 2.75) is 32.5 Å². The first kappa shape index (κ1) is 15.7. The Kier molecular flexibility index (Phi) is 3.97. The van der Waals surface area contributed by atoms with Crippen LogP contribution in [0.1, 0.15) is 18.7 Å². The Morgan fingerprint density at radius 3 is 2.70 bits per heavy atom. The number of H-pyrrole nitrogens is 1. The summed E-state index contributed by atoms with van der Waals surface area (Å²) in [5.41, 5.74) is 0.873. The second kappa shape index (κ2) is 5.80. The number of aromatic nitrogens is 6. The van der Waals surface area contributed by atoms with Gasteiger partial charge < -0.3 is 0 Å². The van der Waals surface area contributed by atoms with E-state index in [2.05, 4.69) is 25.3 Å². The zero-order chi connectivity index (χ0) is 16.6. The molecule has 0 aliphatic rings. The summed E-state index contributed by atoms with van der Waals surface area (Å²) in [5, 5.41) is 11.9. The maximum atomic E-state index is 12.3. The fourth-order valence-corrected chi connectivity index (χ4v) is 2.37. The Balaban J connectivity index is 1.99. The van der Waals surface area contributed by atoms with Gasteiger partial charge >= 0.3 is 6.18 Å². The third-order valence-electron chi connectivity index (χ3n) is 3.20. The highest BCUT2D eigenvalue weighted by molar-refractivity contribution is 6.29. The molecule has 3 aromatic rings. The lowest BCUT2D eigenvalue weighted by molar-refractivity contribution is -0.135. The molecule has 0 aliphatic heterocycles. The predicted octanol–water partition coefficient (Wildman–Crippen LogP) is 3.52. The second-order valence-corrected chi connectivity index (χ2v) is 5.43. The number of alkyl halides is 3. The average molecular weight is 345 g/mol. The Hall–Kier alpha value is -2.16. The highest BCUT2D eigenvalue weighted by atomic mass is 35.5. The van der Waals surface area contributed by atoms with E-state index < -0.39 is 12.6 Å². The van der Waals surface area contributed by atoms with Crippen molar-refractivity contribution in [3.8, 4) is 11.5 Å². The summed E-state index contributed by atoms with van der Waals surface area (Å²) in [6.07, 6.45) is -5.18. The van der Waals surface area contributed by atoms with Crippen LogP contribution in [0.25, 0.3) is 22.6 Å². The largest absolute Gasteiger partial charge is 0.389 e. The smallest absolute Gasteiger partial charge is 0.263 e. The van der Waals surface area contributed by atoms with Gasteiger partial charge in [-0.15, -0.1) is 0 Å². The predicted molar refractivity (Wildman–Crippen MR) is 77.9 cm³/mol. The topological polar surface area (TPSA) is 72.3 Å². The maximum Gasteiger partial charge on any atom is 0.389 e. The van der Waals surface area contributed by atoms with Crippen LogP contribution in [-0.2, 0) is 6.54 Å². The molecule has 0 aliphatic carbocycles. The van der Waals surface area contributed by atoms with Crippen LogP contribution in [0.2, 0.25) is 5.15 Å². The van der Waals surface area contributed by atoms with Crippen LogP contribution in [0, 0.1) is 6.92 Å². The van der Waals surface area contributed by atoms with Gasteiger partial charge in [0.1, 0.15) is 16.7 Å². The molecule has 0 spiro atoms. The first-order chi connectivity index (χ1) is 10.8. The van der Waals surface area contributed by atoms with E-state index in [9.17, 15) is 13.2 Å². The van der Waals surface area contributed by atoms with Crippen molar-refractivity contribution in [3.05, 3.63) is 23.1 Å². The number of fused-ring (bicyclic) bond motifs is 1. The molecule has 0 atom stereocenters. The molecule has 122 valence electrons. The standard InChI is InChI=1S/C13H12ClF3N6/c1-7-18-11(21-20-7)10-8-3-4-9(14)19-12(8)23(22-10)6-2-5-13(15,16)17/h3-4H,2,5-6H2,1H3,(H,18,20,21). The van der Waals surface area contributed by atoms with E-state index in [4.69, 9.17) is 11.6 Å². The molecule has 3 rings (SSSR count). The summed E-state index contributed by atoms with van der Waals surface area (Å²) in [7, 11) is 0. The van der Waals surface area contributed by atoms with Crippen molar-refractivity contribution in [3.63, 3.8) is 0 Å². The normalized spacial score (nSPS) is 12.2. The van der Waals surface area contributed by atoms with E-state index in [0.29, 0.717) is 28.4 Å². The number of nitrogens with one attached hydrogen (secondary N) is 1. The van der Waals surface area contributed by atoms with Crippen molar-refractivity contribution < 1.29 is 13.2 Å². The number of rotatable bonds is 4. The summed E-state index contributed by atoms with van der Waals surface area (Å²) in [6.45, 7) is 1.82. The van der Waals surface area contributed by atoms with Crippen LogP contribution in [0.5, 0.6) is 0 Å². The molecule has 0 saturated heterocycles. The Bertz CT molecular complexity index is 838. The van der Waals surface area contributed by atoms with Gasteiger partial charge in [0.2, 0.25) is 5.82 Å². The minimum atomic E-state index is -4.20. The highest BCUT2D eigenvalue weighted by Gasteiger charge is 2.26. The molecule has 0 saturated carbocycles. The van der Waals surface area contributed by atoms with Gasteiger partial charge in [-0.2, -0.15) is 23.4 Å². The number of aromatic amines is 1. The lowest BCUT2D eigenvalue weighted by Crippen LogP contribution is -2.10. The zero-order valence-electron chi connectivity index (χ0n) is 12.0. The van der Waals surface area contributed by atoms with E-state index in [1.165, 1.54) is 4.68 Å². The SMILES string of the molecule is Cc1nc(-c2nn(CCCC(F)(F)F)c3nc(Cl)ccc23)n[nH]1. The Morgan fingerprint density at radius 1 is 1.26 bits per heavy atom. The fourth-order valence-electron chi connectivity index (χ4n) is 2.23. The van der Waals surface area contributed by atoms with Gasteiger partial charge in [-0.25, -0.2) is 14.6 Å². The number of hydrogen-bond donors (Lipinski definition) is 1. The van der Waals surface area contributed by atoms with Crippen LogP contribution in [0.4, 0.5) is 13.2 Å². The molecule has 0 aromatic carbocycles.